The summed E-state index contributed by atoms with van der Waals surface area (Å²) >= 11 is 1.30. The molecule has 0 aromatic carbocycles. The number of hydrogen-bond donors (Lipinski definition) is 0. The van der Waals surface area contributed by atoms with Gasteiger partial charge in [-0.1, -0.05) is 4.49 Å². The van der Waals surface area contributed by atoms with Crippen molar-refractivity contribution in [2.24, 2.45) is 0 Å². The predicted octanol–water partition coefficient (Wildman–Crippen LogP) is 0.795. The highest BCUT2D eigenvalue weighted by Crippen LogP contribution is 2.16. The standard InChI is InChI=1S/C6H3N4S/c1-2-8-5(3-7-1)6-4-9-10-11-6/h2-4H. The molecule has 0 atom stereocenters. The average molecular weight is 163 g/mol. The molecule has 0 fully saturated rings. The molecule has 0 bridgehead atoms. The van der Waals surface area contributed by atoms with Crippen molar-refractivity contribution in [2.45, 2.75) is 0 Å². The van der Waals surface area contributed by atoms with Crippen molar-refractivity contribution >= 4 is 11.5 Å². The highest BCUT2D eigenvalue weighted by molar-refractivity contribution is 7.09. The van der Waals surface area contributed by atoms with Crippen LogP contribution in [0, 0.1) is 6.20 Å². The van der Waals surface area contributed by atoms with Gasteiger partial charge in [-0.3, -0.25) is 9.97 Å². The van der Waals surface area contributed by atoms with E-state index in [1.54, 1.807) is 12.4 Å². The van der Waals surface area contributed by atoms with Crippen LogP contribution in [0.3, 0.4) is 0 Å². The summed E-state index contributed by atoms with van der Waals surface area (Å²) in [4.78, 5) is 8.76. The Hall–Kier alpha value is -1.36. The number of rotatable bonds is 1. The molecule has 2 aromatic rings. The Kier molecular flexibility index (Phi) is 1.57. The number of nitrogens with zero attached hydrogens (tertiary/aromatic N) is 4. The molecule has 0 saturated heterocycles. The first-order chi connectivity index (χ1) is 5.47. The Bertz CT molecular complexity index is 318. The van der Waals surface area contributed by atoms with Gasteiger partial charge in [0.1, 0.15) is 11.9 Å². The van der Waals surface area contributed by atoms with Crippen molar-refractivity contribution in [2.75, 3.05) is 0 Å². The predicted molar refractivity (Wildman–Crippen MR) is 39.8 cm³/mol. The lowest BCUT2D eigenvalue weighted by Crippen LogP contribution is -1.79. The minimum absolute atomic E-state index is 0.791. The fourth-order valence-corrected chi connectivity index (χ4v) is 1.15. The van der Waals surface area contributed by atoms with Gasteiger partial charge in [-0.2, -0.15) is 0 Å². The first-order valence-corrected chi connectivity index (χ1v) is 3.70. The van der Waals surface area contributed by atoms with Crippen molar-refractivity contribution < 1.29 is 0 Å². The highest BCUT2D eigenvalue weighted by atomic mass is 32.1. The van der Waals surface area contributed by atoms with E-state index in [1.165, 1.54) is 17.7 Å². The normalized spacial score (nSPS) is 9.82. The van der Waals surface area contributed by atoms with Crippen LogP contribution in [0.1, 0.15) is 0 Å². The smallest absolute Gasteiger partial charge is 0.109 e. The van der Waals surface area contributed by atoms with Crippen molar-refractivity contribution in [1.29, 1.82) is 0 Å². The molecule has 2 heterocycles. The molecule has 2 rings (SSSR count). The molecule has 53 valence electrons. The van der Waals surface area contributed by atoms with E-state index >= 15 is 0 Å². The number of hydrogen-bond acceptors (Lipinski definition) is 5. The van der Waals surface area contributed by atoms with E-state index in [1.807, 2.05) is 0 Å². The third-order valence-electron chi connectivity index (χ3n) is 1.14. The molecular weight excluding hydrogens is 160 g/mol. The molecule has 0 unspecified atom stereocenters. The molecule has 0 spiro atoms. The third-order valence-corrected chi connectivity index (χ3v) is 1.82. The summed E-state index contributed by atoms with van der Waals surface area (Å²) in [6.45, 7) is 0. The first kappa shape index (κ1) is 6.36. The van der Waals surface area contributed by atoms with Gasteiger partial charge in [-0.25, -0.2) is 0 Å². The van der Waals surface area contributed by atoms with Gasteiger partial charge < -0.3 is 0 Å². The lowest BCUT2D eigenvalue weighted by atomic mass is 10.4. The zero-order valence-corrected chi connectivity index (χ0v) is 6.25. The summed E-state index contributed by atoms with van der Waals surface area (Å²) < 4.78 is 3.71. The molecule has 4 nitrogen and oxygen atoms in total. The minimum atomic E-state index is 0.791. The van der Waals surface area contributed by atoms with Gasteiger partial charge in [-0.15, -0.1) is 5.10 Å². The molecule has 0 amide bonds. The maximum atomic E-state index is 4.03. The quantitative estimate of drug-likeness (QED) is 0.623. The van der Waals surface area contributed by atoms with Crippen LogP contribution in [0.25, 0.3) is 10.6 Å². The molecule has 2 aromatic heterocycles. The minimum Gasteiger partial charge on any atom is -0.251 e. The summed E-state index contributed by atoms with van der Waals surface area (Å²) in [5, 5.41) is 3.69. The molecule has 1 radical (unpaired) electrons. The Labute approximate surface area is 67.1 Å². The zero-order chi connectivity index (χ0) is 7.52. The van der Waals surface area contributed by atoms with Crippen LogP contribution >= 0.6 is 11.5 Å². The molecule has 0 aliphatic heterocycles. The highest BCUT2D eigenvalue weighted by Gasteiger charge is 1.99. The summed E-state index contributed by atoms with van der Waals surface area (Å²) in [5.74, 6) is 0. The van der Waals surface area contributed by atoms with Gasteiger partial charge in [-0.05, 0) is 11.5 Å². The van der Waals surface area contributed by atoms with Crippen LogP contribution in [-0.4, -0.2) is 19.6 Å². The van der Waals surface area contributed by atoms with Crippen molar-refractivity contribution in [3.63, 3.8) is 0 Å². The Morgan fingerprint density at radius 1 is 1.36 bits per heavy atom. The summed E-state index contributed by atoms with van der Waals surface area (Å²) in [5.41, 5.74) is 0.791. The van der Waals surface area contributed by atoms with Gasteiger partial charge in [0.25, 0.3) is 0 Å². The van der Waals surface area contributed by atoms with Crippen LogP contribution in [0.4, 0.5) is 0 Å². The van der Waals surface area contributed by atoms with E-state index < -0.39 is 0 Å². The Morgan fingerprint density at radius 2 is 2.36 bits per heavy atom. The molecule has 0 saturated carbocycles. The van der Waals surface area contributed by atoms with Gasteiger partial charge >= 0.3 is 0 Å². The Morgan fingerprint density at radius 3 is 3.00 bits per heavy atom. The van der Waals surface area contributed by atoms with Gasteiger partial charge in [0.2, 0.25) is 0 Å². The monoisotopic (exact) mass is 163 g/mol. The second kappa shape index (κ2) is 2.71. The van der Waals surface area contributed by atoms with Crippen LogP contribution in [0.5, 0.6) is 0 Å². The zero-order valence-electron chi connectivity index (χ0n) is 5.43. The summed E-state index contributed by atoms with van der Waals surface area (Å²) in [6, 6.07) is 0. The second-order valence-corrected chi connectivity index (χ2v) is 2.60. The molecular formula is C6H3N4S. The SMILES string of the molecule is [c]1cnc(-c2cnns2)cn1. The van der Waals surface area contributed by atoms with E-state index in [2.05, 4.69) is 25.8 Å². The number of aromatic nitrogens is 4. The van der Waals surface area contributed by atoms with E-state index in [4.69, 9.17) is 0 Å². The first-order valence-electron chi connectivity index (χ1n) is 2.92. The topological polar surface area (TPSA) is 51.6 Å². The largest absolute Gasteiger partial charge is 0.251 e. The average Bonchev–Trinajstić information content (AvgIpc) is 2.58. The molecule has 0 aliphatic rings. The van der Waals surface area contributed by atoms with E-state index in [0.29, 0.717) is 0 Å². The van der Waals surface area contributed by atoms with Crippen LogP contribution < -0.4 is 0 Å². The maximum absolute atomic E-state index is 4.03. The van der Waals surface area contributed by atoms with Gasteiger partial charge in [0.05, 0.1) is 23.5 Å². The Balaban J connectivity index is 2.46. The lowest BCUT2D eigenvalue weighted by molar-refractivity contribution is 1.15. The molecule has 0 aliphatic carbocycles. The summed E-state index contributed by atoms with van der Waals surface area (Å²) in [6.07, 6.45) is 7.42. The van der Waals surface area contributed by atoms with Crippen molar-refractivity contribution in [3.05, 3.63) is 24.8 Å². The lowest BCUT2D eigenvalue weighted by Gasteiger charge is -1.88. The van der Waals surface area contributed by atoms with Crippen LogP contribution in [0.15, 0.2) is 18.6 Å². The van der Waals surface area contributed by atoms with Crippen LogP contribution in [0.2, 0.25) is 0 Å². The molecule has 11 heavy (non-hydrogen) atoms. The van der Waals surface area contributed by atoms with Crippen LogP contribution in [-0.2, 0) is 0 Å². The van der Waals surface area contributed by atoms with E-state index in [0.717, 1.165) is 10.6 Å². The molecule has 5 heteroatoms. The fourth-order valence-electron chi connectivity index (χ4n) is 0.671. The van der Waals surface area contributed by atoms with E-state index in [-0.39, 0.29) is 0 Å². The fraction of sp³-hybridized carbons (Fsp3) is 0. The van der Waals surface area contributed by atoms with Gasteiger partial charge in [0.15, 0.2) is 0 Å². The van der Waals surface area contributed by atoms with Crippen molar-refractivity contribution in [3.8, 4) is 10.6 Å². The van der Waals surface area contributed by atoms with Gasteiger partial charge in [0, 0.05) is 0 Å². The van der Waals surface area contributed by atoms with E-state index in [9.17, 15) is 0 Å². The van der Waals surface area contributed by atoms with Crippen molar-refractivity contribution in [1.82, 2.24) is 19.6 Å². The third kappa shape index (κ3) is 1.22. The maximum Gasteiger partial charge on any atom is 0.109 e. The second-order valence-electron chi connectivity index (χ2n) is 1.81. The summed E-state index contributed by atoms with van der Waals surface area (Å²) in [7, 11) is 0. The molecule has 0 N–H and O–H groups in total.